The number of nitrogens with one attached hydrogen (secondary N) is 1. The zero-order chi connectivity index (χ0) is 19.3. The van der Waals surface area contributed by atoms with Crippen molar-refractivity contribution in [1.82, 2.24) is 5.32 Å². The SMILES string of the molecule is COC1=C[C@@H]2C3=C([C@@H]2C1=O)[C@@H](NC=O)CCc1cc(OC)c(O)c(OC)c13. The van der Waals surface area contributed by atoms with Crippen molar-refractivity contribution in [2.75, 3.05) is 21.3 Å². The van der Waals surface area contributed by atoms with E-state index in [1.807, 2.05) is 6.08 Å². The molecular weight excluding hydrogens is 350 g/mol. The molecule has 3 atom stereocenters. The van der Waals surface area contributed by atoms with Crippen LogP contribution in [0, 0.1) is 11.8 Å². The third-order valence-corrected chi connectivity index (χ3v) is 5.76. The van der Waals surface area contributed by atoms with E-state index in [0.29, 0.717) is 36.5 Å². The van der Waals surface area contributed by atoms with Crippen LogP contribution in [0.2, 0.25) is 0 Å². The maximum absolute atomic E-state index is 12.7. The van der Waals surface area contributed by atoms with E-state index in [9.17, 15) is 14.7 Å². The van der Waals surface area contributed by atoms with Gasteiger partial charge in [0.2, 0.25) is 17.9 Å². The van der Waals surface area contributed by atoms with Crippen LogP contribution in [-0.4, -0.2) is 44.7 Å². The first-order chi connectivity index (χ1) is 13.1. The molecule has 0 heterocycles. The molecule has 2 N–H and O–H groups in total. The van der Waals surface area contributed by atoms with Gasteiger partial charge in [-0.25, -0.2) is 0 Å². The van der Waals surface area contributed by atoms with Gasteiger partial charge in [-0.15, -0.1) is 0 Å². The molecule has 1 aromatic rings. The number of phenolic OH excluding ortho intramolecular Hbond substituents is 1. The molecule has 0 radical (unpaired) electrons. The summed E-state index contributed by atoms with van der Waals surface area (Å²) in [4.78, 5) is 23.9. The maximum atomic E-state index is 12.7. The van der Waals surface area contributed by atoms with Gasteiger partial charge >= 0.3 is 0 Å². The van der Waals surface area contributed by atoms with Gasteiger partial charge < -0.3 is 24.6 Å². The standard InChI is InChI=1S/C20H21NO6/c1-25-12-6-9-4-5-11(21-8-22)17-15(14(9)20(27-3)19(12)24)10-7-13(26-2)18(23)16(10)17/h6-8,10-11,16,24H,4-5H2,1-3H3,(H,21,22)/t10-,11+,16-/m1/s1. The minimum absolute atomic E-state index is 0.0703. The Hall–Kier alpha value is -2.96. The van der Waals surface area contributed by atoms with E-state index >= 15 is 0 Å². The predicted molar refractivity (Wildman–Crippen MR) is 96.5 cm³/mol. The van der Waals surface area contributed by atoms with Crippen molar-refractivity contribution in [3.05, 3.63) is 34.6 Å². The summed E-state index contributed by atoms with van der Waals surface area (Å²) in [5, 5.41) is 13.4. The lowest BCUT2D eigenvalue weighted by molar-refractivity contribution is -0.121. The normalized spacial score (nSPS) is 25.4. The highest BCUT2D eigenvalue weighted by molar-refractivity contribution is 6.08. The summed E-state index contributed by atoms with van der Waals surface area (Å²) in [5.74, 6) is 0.357. The fourth-order valence-corrected chi connectivity index (χ4v) is 4.62. The van der Waals surface area contributed by atoms with Crippen LogP contribution in [0.25, 0.3) is 5.57 Å². The highest BCUT2D eigenvalue weighted by atomic mass is 16.5. The summed E-state index contributed by atoms with van der Waals surface area (Å²) >= 11 is 0. The number of Topliss-reactive ketones (excluding diaryl/α,β-unsaturated/α-hetero) is 1. The second-order valence-electron chi connectivity index (χ2n) is 6.84. The number of aromatic hydroxyl groups is 1. The van der Waals surface area contributed by atoms with Crippen molar-refractivity contribution in [3.8, 4) is 17.2 Å². The van der Waals surface area contributed by atoms with Crippen molar-refractivity contribution in [2.45, 2.75) is 18.9 Å². The topological polar surface area (TPSA) is 94.1 Å². The molecule has 0 bridgehead atoms. The molecule has 7 nitrogen and oxygen atoms in total. The van der Waals surface area contributed by atoms with Crippen molar-refractivity contribution >= 4 is 17.8 Å². The molecule has 7 heteroatoms. The van der Waals surface area contributed by atoms with E-state index in [2.05, 4.69) is 5.32 Å². The third-order valence-electron chi connectivity index (χ3n) is 5.76. The number of carbonyl (C=O) groups is 2. The number of rotatable bonds is 5. The number of methoxy groups -OCH3 is 3. The fourth-order valence-electron chi connectivity index (χ4n) is 4.62. The zero-order valence-electron chi connectivity index (χ0n) is 15.4. The summed E-state index contributed by atoms with van der Waals surface area (Å²) in [5.41, 5.74) is 3.53. The largest absolute Gasteiger partial charge is 0.502 e. The Morgan fingerprint density at radius 2 is 2.00 bits per heavy atom. The summed E-state index contributed by atoms with van der Waals surface area (Å²) in [6.45, 7) is 0. The van der Waals surface area contributed by atoms with E-state index in [4.69, 9.17) is 14.2 Å². The number of aryl methyl sites for hydroxylation is 1. The van der Waals surface area contributed by atoms with Crippen molar-refractivity contribution in [1.29, 1.82) is 0 Å². The van der Waals surface area contributed by atoms with Crippen molar-refractivity contribution in [2.24, 2.45) is 11.8 Å². The monoisotopic (exact) mass is 371 g/mol. The first-order valence-electron chi connectivity index (χ1n) is 8.78. The number of carbonyl (C=O) groups excluding carboxylic acids is 2. The first kappa shape index (κ1) is 17.5. The molecular formula is C20H21NO6. The number of hydrogen-bond donors (Lipinski definition) is 2. The first-order valence-corrected chi connectivity index (χ1v) is 8.78. The summed E-state index contributed by atoms with van der Waals surface area (Å²) in [6.07, 6.45) is 3.77. The van der Waals surface area contributed by atoms with E-state index in [0.717, 1.165) is 22.3 Å². The highest BCUT2D eigenvalue weighted by Crippen LogP contribution is 2.59. The van der Waals surface area contributed by atoms with Crippen molar-refractivity contribution in [3.63, 3.8) is 0 Å². The van der Waals surface area contributed by atoms with Gasteiger partial charge in [0.1, 0.15) is 0 Å². The molecule has 0 aliphatic heterocycles. The van der Waals surface area contributed by atoms with Crippen LogP contribution in [0.4, 0.5) is 0 Å². The number of hydrogen-bond acceptors (Lipinski definition) is 6. The Morgan fingerprint density at radius 1 is 1.22 bits per heavy atom. The average molecular weight is 371 g/mol. The van der Waals surface area contributed by atoms with Crippen LogP contribution in [0.1, 0.15) is 17.5 Å². The van der Waals surface area contributed by atoms with Gasteiger partial charge in [-0.05, 0) is 41.7 Å². The van der Waals surface area contributed by atoms with Gasteiger partial charge in [-0.2, -0.15) is 0 Å². The lowest BCUT2D eigenvalue weighted by Crippen LogP contribution is -2.42. The summed E-state index contributed by atoms with van der Waals surface area (Å²) < 4.78 is 16.0. The number of phenols is 1. The number of allylic oxidation sites excluding steroid dienone is 3. The van der Waals surface area contributed by atoms with Gasteiger partial charge in [-0.1, -0.05) is 0 Å². The zero-order valence-corrected chi connectivity index (χ0v) is 15.4. The number of amides is 1. The van der Waals surface area contributed by atoms with Crippen LogP contribution >= 0.6 is 0 Å². The highest BCUT2D eigenvalue weighted by Gasteiger charge is 2.54. The van der Waals surface area contributed by atoms with E-state index in [1.54, 1.807) is 6.07 Å². The fraction of sp³-hybridized carbons (Fsp3) is 0.400. The van der Waals surface area contributed by atoms with Crippen LogP contribution in [-0.2, 0) is 20.7 Å². The Balaban J connectivity index is 1.96. The molecule has 4 rings (SSSR count). The predicted octanol–water partition coefficient (Wildman–Crippen LogP) is 1.58. The van der Waals surface area contributed by atoms with E-state index < -0.39 is 0 Å². The lowest BCUT2D eigenvalue weighted by Gasteiger charge is -2.39. The van der Waals surface area contributed by atoms with Gasteiger partial charge in [0.15, 0.2) is 17.3 Å². The molecule has 0 aromatic heterocycles. The summed E-state index contributed by atoms with van der Waals surface area (Å²) in [6, 6.07) is 1.55. The molecule has 3 aliphatic carbocycles. The molecule has 1 aromatic carbocycles. The minimum Gasteiger partial charge on any atom is -0.502 e. The average Bonchev–Trinajstić information content (AvgIpc) is 2.85. The molecule has 0 spiro atoms. The maximum Gasteiger partial charge on any atom is 0.207 e. The molecule has 0 saturated carbocycles. The molecule has 3 aliphatic rings. The molecule has 0 saturated heterocycles. The lowest BCUT2D eigenvalue weighted by atomic mass is 9.64. The molecule has 0 fully saturated rings. The van der Waals surface area contributed by atoms with Crippen LogP contribution < -0.4 is 14.8 Å². The van der Waals surface area contributed by atoms with Crippen LogP contribution in [0.5, 0.6) is 17.2 Å². The summed E-state index contributed by atoms with van der Waals surface area (Å²) in [7, 11) is 4.46. The molecule has 27 heavy (non-hydrogen) atoms. The van der Waals surface area contributed by atoms with Crippen LogP contribution in [0.3, 0.4) is 0 Å². The Bertz CT molecular complexity index is 900. The number of ketones is 1. The van der Waals surface area contributed by atoms with E-state index in [1.165, 1.54) is 21.3 Å². The van der Waals surface area contributed by atoms with E-state index in [-0.39, 0.29) is 29.4 Å². The molecule has 142 valence electrons. The Labute approximate surface area is 156 Å². The molecule has 1 amide bonds. The number of ether oxygens (including phenoxy) is 3. The van der Waals surface area contributed by atoms with Gasteiger partial charge in [0.25, 0.3) is 0 Å². The second-order valence-corrected chi connectivity index (χ2v) is 6.84. The van der Waals surface area contributed by atoms with Gasteiger partial charge in [-0.3, -0.25) is 9.59 Å². The number of fused-ring (bicyclic) bond motifs is 5. The van der Waals surface area contributed by atoms with Crippen LogP contribution in [0.15, 0.2) is 23.5 Å². The van der Waals surface area contributed by atoms with Crippen molar-refractivity contribution < 1.29 is 28.9 Å². The smallest absolute Gasteiger partial charge is 0.207 e. The second kappa shape index (κ2) is 6.33. The Kier molecular flexibility index (Phi) is 4.09. The Morgan fingerprint density at radius 3 is 2.63 bits per heavy atom. The molecule has 0 unspecified atom stereocenters. The quantitative estimate of drug-likeness (QED) is 0.764. The minimum atomic E-state index is -0.340. The third kappa shape index (κ3) is 2.27. The number of benzene rings is 1. The van der Waals surface area contributed by atoms with Gasteiger partial charge in [0, 0.05) is 11.5 Å². The van der Waals surface area contributed by atoms with Gasteiger partial charge in [0.05, 0.1) is 33.3 Å².